The second-order valence-corrected chi connectivity index (χ2v) is 5.45. The maximum atomic E-state index is 12.1. The molecule has 1 aromatic carbocycles. The van der Waals surface area contributed by atoms with Crippen molar-refractivity contribution in [2.75, 3.05) is 13.2 Å². The Morgan fingerprint density at radius 1 is 1.47 bits per heavy atom. The molecule has 3 N–H and O–H groups in total. The molecule has 5 heteroatoms. The summed E-state index contributed by atoms with van der Waals surface area (Å²) in [6.07, 6.45) is 2.27. The molecule has 0 atom stereocenters. The van der Waals surface area contributed by atoms with Crippen LogP contribution < -0.4 is 5.32 Å². The number of carbonyl (C=O) groups excluding carboxylic acids is 1. The highest BCUT2D eigenvalue weighted by Gasteiger charge is 2.18. The van der Waals surface area contributed by atoms with Crippen LogP contribution >= 0.6 is 0 Å². The van der Waals surface area contributed by atoms with Crippen LogP contribution in [0.25, 0.3) is 11.0 Å². The third kappa shape index (κ3) is 3.32. The van der Waals surface area contributed by atoms with Crippen molar-refractivity contribution in [3.63, 3.8) is 0 Å². The number of benzene rings is 1. The Morgan fingerprint density at radius 3 is 3.00 bits per heavy atom. The first-order valence-electron chi connectivity index (χ1n) is 6.34. The topological polar surface area (TPSA) is 78.0 Å². The summed E-state index contributed by atoms with van der Waals surface area (Å²) in [5.74, 6) is -0.109. The summed E-state index contributed by atoms with van der Waals surface area (Å²) >= 11 is 0. The molecule has 1 amide bonds. The van der Waals surface area contributed by atoms with Gasteiger partial charge in [-0.3, -0.25) is 4.79 Å². The Hall–Kier alpha value is -1.88. The SMILES string of the molecule is CC(C)(CCO)CNC(=O)c1ccc2nc[nH]c2c1. The fourth-order valence-corrected chi connectivity index (χ4v) is 1.89. The van der Waals surface area contributed by atoms with Crippen molar-refractivity contribution in [1.29, 1.82) is 0 Å². The standard InChI is InChI=1S/C14H19N3O2/c1-14(2,5-6-18)8-15-13(19)10-3-4-11-12(7-10)17-9-16-11/h3-4,7,9,18H,5-6,8H2,1-2H3,(H,15,19)(H,16,17). The lowest BCUT2D eigenvalue weighted by Crippen LogP contribution is -2.34. The molecule has 1 heterocycles. The van der Waals surface area contributed by atoms with E-state index in [1.54, 1.807) is 18.5 Å². The van der Waals surface area contributed by atoms with E-state index in [9.17, 15) is 4.79 Å². The van der Waals surface area contributed by atoms with Crippen LogP contribution in [0.3, 0.4) is 0 Å². The number of aliphatic hydroxyl groups excluding tert-OH is 1. The Kier molecular flexibility index (Phi) is 3.85. The molecule has 102 valence electrons. The predicted octanol–water partition coefficient (Wildman–Crippen LogP) is 1.70. The van der Waals surface area contributed by atoms with Gasteiger partial charge in [0.05, 0.1) is 17.4 Å². The smallest absolute Gasteiger partial charge is 0.251 e. The largest absolute Gasteiger partial charge is 0.396 e. The summed E-state index contributed by atoms with van der Waals surface area (Å²) in [6, 6.07) is 5.37. The van der Waals surface area contributed by atoms with Gasteiger partial charge in [-0.15, -0.1) is 0 Å². The fraction of sp³-hybridized carbons (Fsp3) is 0.429. The molecule has 1 aromatic heterocycles. The van der Waals surface area contributed by atoms with Crippen molar-refractivity contribution in [2.45, 2.75) is 20.3 Å². The van der Waals surface area contributed by atoms with E-state index in [1.165, 1.54) is 0 Å². The summed E-state index contributed by atoms with van der Waals surface area (Å²) in [5, 5.41) is 11.9. The Morgan fingerprint density at radius 2 is 2.26 bits per heavy atom. The number of nitrogens with one attached hydrogen (secondary N) is 2. The molecule has 0 unspecified atom stereocenters. The van der Waals surface area contributed by atoms with Crippen molar-refractivity contribution >= 4 is 16.9 Å². The number of aromatic nitrogens is 2. The molecule has 0 saturated carbocycles. The van der Waals surface area contributed by atoms with Crippen LogP contribution in [0.2, 0.25) is 0 Å². The predicted molar refractivity (Wildman–Crippen MR) is 73.9 cm³/mol. The van der Waals surface area contributed by atoms with Gasteiger partial charge in [0.2, 0.25) is 0 Å². The van der Waals surface area contributed by atoms with E-state index in [4.69, 9.17) is 5.11 Å². The Bertz CT molecular complexity index is 575. The molecule has 19 heavy (non-hydrogen) atoms. The number of amides is 1. The third-order valence-electron chi connectivity index (χ3n) is 3.20. The van der Waals surface area contributed by atoms with Crippen molar-refractivity contribution < 1.29 is 9.90 Å². The molecule has 0 fully saturated rings. The van der Waals surface area contributed by atoms with Crippen molar-refractivity contribution in [1.82, 2.24) is 15.3 Å². The van der Waals surface area contributed by atoms with Gasteiger partial charge < -0.3 is 15.4 Å². The zero-order chi connectivity index (χ0) is 13.9. The van der Waals surface area contributed by atoms with Gasteiger partial charge >= 0.3 is 0 Å². The summed E-state index contributed by atoms with van der Waals surface area (Å²) < 4.78 is 0. The average molecular weight is 261 g/mol. The second-order valence-electron chi connectivity index (χ2n) is 5.45. The maximum absolute atomic E-state index is 12.1. The van der Waals surface area contributed by atoms with Gasteiger partial charge in [0.1, 0.15) is 0 Å². The summed E-state index contributed by atoms with van der Waals surface area (Å²) in [7, 11) is 0. The van der Waals surface area contributed by atoms with Crippen LogP contribution in [-0.2, 0) is 0 Å². The van der Waals surface area contributed by atoms with Crippen LogP contribution in [0.15, 0.2) is 24.5 Å². The lowest BCUT2D eigenvalue weighted by molar-refractivity contribution is 0.0928. The van der Waals surface area contributed by atoms with Crippen LogP contribution in [0.5, 0.6) is 0 Å². The highest BCUT2D eigenvalue weighted by molar-refractivity contribution is 5.97. The molecule has 0 aliphatic heterocycles. The number of imidazole rings is 1. The van der Waals surface area contributed by atoms with Gasteiger partial charge in [-0.25, -0.2) is 4.98 Å². The first-order valence-corrected chi connectivity index (χ1v) is 6.34. The number of aliphatic hydroxyl groups is 1. The van der Waals surface area contributed by atoms with Crippen molar-refractivity contribution in [3.05, 3.63) is 30.1 Å². The normalized spacial score (nSPS) is 11.7. The quantitative estimate of drug-likeness (QED) is 0.766. The maximum Gasteiger partial charge on any atom is 0.251 e. The molecule has 0 saturated heterocycles. The minimum atomic E-state index is -0.109. The number of nitrogens with zero attached hydrogens (tertiary/aromatic N) is 1. The van der Waals surface area contributed by atoms with E-state index in [-0.39, 0.29) is 17.9 Å². The number of carbonyl (C=O) groups is 1. The fourth-order valence-electron chi connectivity index (χ4n) is 1.89. The third-order valence-corrected chi connectivity index (χ3v) is 3.20. The highest BCUT2D eigenvalue weighted by atomic mass is 16.3. The van der Waals surface area contributed by atoms with E-state index in [1.807, 2.05) is 19.9 Å². The molecule has 0 spiro atoms. The van der Waals surface area contributed by atoms with Crippen molar-refractivity contribution in [2.24, 2.45) is 5.41 Å². The first-order chi connectivity index (χ1) is 9.02. The van der Waals surface area contributed by atoms with Gasteiger partial charge in [0.25, 0.3) is 5.91 Å². The lowest BCUT2D eigenvalue weighted by Gasteiger charge is -2.23. The highest BCUT2D eigenvalue weighted by Crippen LogP contribution is 2.18. The second kappa shape index (κ2) is 5.40. The number of hydrogen-bond acceptors (Lipinski definition) is 3. The summed E-state index contributed by atoms with van der Waals surface area (Å²) in [4.78, 5) is 19.2. The number of fused-ring (bicyclic) bond motifs is 1. The van der Waals surface area contributed by atoms with Crippen LogP contribution in [0.1, 0.15) is 30.6 Å². The van der Waals surface area contributed by atoms with Gasteiger partial charge in [-0.2, -0.15) is 0 Å². The van der Waals surface area contributed by atoms with E-state index in [2.05, 4.69) is 15.3 Å². The van der Waals surface area contributed by atoms with Gasteiger partial charge in [0, 0.05) is 18.7 Å². The number of H-pyrrole nitrogens is 1. The average Bonchev–Trinajstić information content (AvgIpc) is 2.83. The number of hydrogen-bond donors (Lipinski definition) is 3. The van der Waals surface area contributed by atoms with Gasteiger partial charge in [-0.05, 0) is 30.0 Å². The van der Waals surface area contributed by atoms with E-state index < -0.39 is 0 Å². The van der Waals surface area contributed by atoms with Crippen molar-refractivity contribution in [3.8, 4) is 0 Å². The molecule has 2 aromatic rings. The van der Waals surface area contributed by atoms with Crippen LogP contribution in [0, 0.1) is 5.41 Å². The summed E-state index contributed by atoms with van der Waals surface area (Å²) in [5.41, 5.74) is 2.19. The van der Waals surface area contributed by atoms with E-state index >= 15 is 0 Å². The molecule has 2 rings (SSSR count). The lowest BCUT2D eigenvalue weighted by atomic mass is 9.89. The summed E-state index contributed by atoms with van der Waals surface area (Å²) in [6.45, 7) is 4.69. The minimum absolute atomic E-state index is 0.109. The van der Waals surface area contributed by atoms with E-state index in [0.29, 0.717) is 18.5 Å². The molecule has 0 aliphatic carbocycles. The van der Waals surface area contributed by atoms with E-state index in [0.717, 1.165) is 11.0 Å². The minimum Gasteiger partial charge on any atom is -0.396 e. The molecule has 5 nitrogen and oxygen atoms in total. The molecule has 0 aliphatic rings. The Labute approximate surface area is 112 Å². The number of rotatable bonds is 5. The van der Waals surface area contributed by atoms with Crippen LogP contribution in [-0.4, -0.2) is 34.1 Å². The monoisotopic (exact) mass is 261 g/mol. The zero-order valence-corrected chi connectivity index (χ0v) is 11.2. The van der Waals surface area contributed by atoms with Gasteiger partial charge in [0.15, 0.2) is 0 Å². The van der Waals surface area contributed by atoms with Gasteiger partial charge in [-0.1, -0.05) is 13.8 Å². The van der Waals surface area contributed by atoms with Crippen LogP contribution in [0.4, 0.5) is 0 Å². The first kappa shape index (κ1) is 13.5. The molecule has 0 radical (unpaired) electrons. The molecule has 0 bridgehead atoms. The Balaban J connectivity index is 2.03. The molecular weight excluding hydrogens is 242 g/mol. The zero-order valence-electron chi connectivity index (χ0n) is 11.2. The number of aromatic amines is 1. The molecular formula is C14H19N3O2.